The number of nitrogens with zero attached hydrogens (tertiary/aromatic N) is 1. The summed E-state index contributed by atoms with van der Waals surface area (Å²) >= 11 is 0. The van der Waals surface area contributed by atoms with Gasteiger partial charge in [-0.05, 0) is 82.6 Å². The van der Waals surface area contributed by atoms with Gasteiger partial charge in [-0.25, -0.2) is 9.78 Å². The van der Waals surface area contributed by atoms with Crippen molar-refractivity contribution in [3.8, 4) is 11.3 Å². The maximum Gasteiger partial charge on any atom is 0.416 e. The number of benzene rings is 2. The van der Waals surface area contributed by atoms with Gasteiger partial charge in [0.2, 0.25) is 0 Å². The molecule has 0 unspecified atom stereocenters. The zero-order chi connectivity index (χ0) is 28.2. The smallest absolute Gasteiger partial charge is 0.416 e. The number of aromatic nitrogens is 1. The van der Waals surface area contributed by atoms with Crippen LogP contribution in [0, 0.1) is 11.8 Å². The number of rotatable bonds is 6. The highest BCUT2D eigenvalue weighted by Crippen LogP contribution is 2.32. The predicted molar refractivity (Wildman–Crippen MR) is 144 cm³/mol. The number of hydrogen-bond donors (Lipinski definition) is 2. The molecule has 2 amide bonds. The minimum atomic E-state index is -4.42. The molecule has 0 bridgehead atoms. The van der Waals surface area contributed by atoms with Gasteiger partial charge in [0.25, 0.3) is 5.91 Å². The van der Waals surface area contributed by atoms with Crippen LogP contribution in [0.5, 0.6) is 0 Å². The summed E-state index contributed by atoms with van der Waals surface area (Å²) < 4.78 is 44.3. The number of ether oxygens (including phenoxy) is 1. The van der Waals surface area contributed by atoms with Gasteiger partial charge >= 0.3 is 12.3 Å². The van der Waals surface area contributed by atoms with Crippen molar-refractivity contribution in [2.24, 2.45) is 11.8 Å². The highest BCUT2D eigenvalue weighted by Gasteiger charge is 2.30. The first-order valence-electron chi connectivity index (χ1n) is 13.2. The van der Waals surface area contributed by atoms with E-state index in [9.17, 15) is 22.8 Å². The maximum atomic E-state index is 13.3. The van der Waals surface area contributed by atoms with Crippen LogP contribution < -0.4 is 10.6 Å². The van der Waals surface area contributed by atoms with Crippen molar-refractivity contribution in [2.75, 3.05) is 13.1 Å². The van der Waals surface area contributed by atoms with E-state index in [0.29, 0.717) is 52.6 Å². The summed E-state index contributed by atoms with van der Waals surface area (Å²) in [4.78, 5) is 29.8. The molecule has 1 aliphatic rings. The molecule has 1 aliphatic carbocycles. The minimum Gasteiger partial charge on any atom is -0.444 e. The Hall–Kier alpha value is -3.62. The molecule has 0 radical (unpaired) electrons. The number of fused-ring (bicyclic) bond motifs is 1. The van der Waals surface area contributed by atoms with Gasteiger partial charge in [0.15, 0.2) is 0 Å². The fourth-order valence-electron chi connectivity index (χ4n) is 4.85. The third-order valence-corrected chi connectivity index (χ3v) is 6.92. The normalized spacial score (nSPS) is 18.0. The number of alkyl halides is 3. The van der Waals surface area contributed by atoms with E-state index in [1.54, 1.807) is 12.1 Å². The van der Waals surface area contributed by atoms with Crippen LogP contribution in [0.3, 0.4) is 0 Å². The lowest BCUT2D eigenvalue weighted by Gasteiger charge is -2.29. The average molecular weight is 542 g/mol. The number of carbonyl (C=O) groups excluding carboxylic acids is 2. The Morgan fingerprint density at radius 3 is 2.08 bits per heavy atom. The molecule has 2 N–H and O–H groups in total. The van der Waals surface area contributed by atoms with Gasteiger partial charge in [-0.3, -0.25) is 4.79 Å². The molecule has 1 heterocycles. The highest BCUT2D eigenvalue weighted by atomic mass is 19.4. The van der Waals surface area contributed by atoms with E-state index < -0.39 is 23.4 Å². The number of para-hydroxylation sites is 1. The topological polar surface area (TPSA) is 80.3 Å². The van der Waals surface area contributed by atoms with Crippen molar-refractivity contribution in [3.63, 3.8) is 0 Å². The first-order chi connectivity index (χ1) is 18.4. The second kappa shape index (κ2) is 11.6. The molecular formula is C30H34F3N3O3. The standard InChI is InChI=1S/C30H34F3N3O3/c1-29(2,3)39-28(38)35-18-20-10-8-19(9-11-20)17-34-27(37)24-16-26(36-25-7-5-4-6-23(24)25)21-12-14-22(15-13-21)30(31,32)33/h4-7,12-16,19-20H,8-11,17-18H2,1-3H3,(H,34,37)(H,35,38)/t19-,20-. The molecule has 6 nitrogen and oxygen atoms in total. The molecule has 4 rings (SSSR count). The molecule has 3 aromatic rings. The van der Waals surface area contributed by atoms with E-state index in [4.69, 9.17) is 4.74 Å². The SMILES string of the molecule is CC(C)(C)OC(=O)NC[C@H]1CC[C@H](CNC(=O)c2cc(-c3ccc(C(F)(F)F)cc3)nc3ccccc23)CC1. The quantitative estimate of drug-likeness (QED) is 0.353. The van der Waals surface area contributed by atoms with Crippen LogP contribution in [-0.2, 0) is 10.9 Å². The summed E-state index contributed by atoms with van der Waals surface area (Å²) in [5.74, 6) is 0.463. The summed E-state index contributed by atoms with van der Waals surface area (Å²) in [6.45, 7) is 6.59. The lowest BCUT2D eigenvalue weighted by Crippen LogP contribution is -2.37. The number of carbonyl (C=O) groups is 2. The number of hydrogen-bond acceptors (Lipinski definition) is 4. The van der Waals surface area contributed by atoms with E-state index >= 15 is 0 Å². The zero-order valence-corrected chi connectivity index (χ0v) is 22.4. The number of pyridine rings is 1. The summed E-state index contributed by atoms with van der Waals surface area (Å²) in [6.07, 6.45) is -1.05. The lowest BCUT2D eigenvalue weighted by atomic mass is 9.82. The molecule has 1 aromatic heterocycles. The van der Waals surface area contributed by atoms with Crippen molar-refractivity contribution < 1.29 is 27.5 Å². The fourth-order valence-corrected chi connectivity index (χ4v) is 4.85. The van der Waals surface area contributed by atoms with E-state index in [1.807, 2.05) is 39.0 Å². The van der Waals surface area contributed by atoms with Crippen molar-refractivity contribution in [3.05, 3.63) is 65.7 Å². The van der Waals surface area contributed by atoms with Crippen LogP contribution in [0.4, 0.5) is 18.0 Å². The van der Waals surface area contributed by atoms with E-state index in [2.05, 4.69) is 15.6 Å². The van der Waals surface area contributed by atoms with Crippen molar-refractivity contribution >= 4 is 22.9 Å². The Balaban J connectivity index is 1.38. The molecular weight excluding hydrogens is 507 g/mol. The Bertz CT molecular complexity index is 1310. The third-order valence-electron chi connectivity index (χ3n) is 6.92. The summed E-state index contributed by atoms with van der Waals surface area (Å²) in [6, 6.07) is 13.7. The molecule has 1 saturated carbocycles. The van der Waals surface area contributed by atoms with Crippen LogP contribution in [0.25, 0.3) is 22.2 Å². The number of halogens is 3. The van der Waals surface area contributed by atoms with Gasteiger partial charge < -0.3 is 15.4 Å². The first kappa shape index (κ1) is 28.4. The Labute approximate surface area is 226 Å². The molecule has 0 saturated heterocycles. The van der Waals surface area contributed by atoms with Gasteiger partial charge in [0, 0.05) is 24.0 Å². The molecule has 9 heteroatoms. The third kappa shape index (κ3) is 7.71. The fraction of sp³-hybridized carbons (Fsp3) is 0.433. The molecule has 39 heavy (non-hydrogen) atoms. The Morgan fingerprint density at radius 2 is 1.49 bits per heavy atom. The lowest BCUT2D eigenvalue weighted by molar-refractivity contribution is -0.137. The monoisotopic (exact) mass is 541 g/mol. The Kier molecular flexibility index (Phi) is 8.47. The summed E-state index contributed by atoms with van der Waals surface area (Å²) in [5.41, 5.74) is 0.703. The molecule has 2 aromatic carbocycles. The first-order valence-corrected chi connectivity index (χ1v) is 13.2. The number of nitrogens with one attached hydrogen (secondary N) is 2. The van der Waals surface area contributed by atoms with Gasteiger partial charge in [0.1, 0.15) is 5.60 Å². The second-order valence-electron chi connectivity index (χ2n) is 11.1. The van der Waals surface area contributed by atoms with Gasteiger partial charge in [-0.15, -0.1) is 0 Å². The molecule has 208 valence electrons. The molecule has 0 aliphatic heterocycles. The highest BCUT2D eigenvalue weighted by molar-refractivity contribution is 6.07. The van der Waals surface area contributed by atoms with Gasteiger partial charge in [-0.2, -0.15) is 13.2 Å². The van der Waals surface area contributed by atoms with Crippen molar-refractivity contribution in [1.29, 1.82) is 0 Å². The van der Waals surface area contributed by atoms with Gasteiger partial charge in [-0.1, -0.05) is 30.3 Å². The van der Waals surface area contributed by atoms with Crippen LogP contribution in [-0.4, -0.2) is 35.7 Å². The van der Waals surface area contributed by atoms with Crippen LogP contribution in [0.15, 0.2) is 54.6 Å². The number of alkyl carbamates (subject to hydrolysis) is 1. The maximum absolute atomic E-state index is 13.3. The molecule has 0 atom stereocenters. The van der Waals surface area contributed by atoms with Crippen LogP contribution in [0.1, 0.15) is 62.4 Å². The van der Waals surface area contributed by atoms with E-state index in [1.165, 1.54) is 12.1 Å². The second-order valence-corrected chi connectivity index (χ2v) is 11.1. The number of amides is 2. The minimum absolute atomic E-state index is 0.240. The van der Waals surface area contributed by atoms with Crippen molar-refractivity contribution in [1.82, 2.24) is 15.6 Å². The Morgan fingerprint density at radius 1 is 0.897 bits per heavy atom. The van der Waals surface area contributed by atoms with Gasteiger partial charge in [0.05, 0.1) is 22.3 Å². The molecule has 1 fully saturated rings. The zero-order valence-electron chi connectivity index (χ0n) is 22.4. The van der Waals surface area contributed by atoms with Crippen LogP contribution in [0.2, 0.25) is 0 Å². The van der Waals surface area contributed by atoms with E-state index in [0.717, 1.165) is 37.8 Å². The predicted octanol–water partition coefficient (Wildman–Crippen LogP) is 6.98. The summed E-state index contributed by atoms with van der Waals surface area (Å²) in [5, 5.41) is 6.59. The van der Waals surface area contributed by atoms with Crippen LogP contribution >= 0.6 is 0 Å². The summed E-state index contributed by atoms with van der Waals surface area (Å²) in [7, 11) is 0. The largest absolute Gasteiger partial charge is 0.444 e. The molecule has 0 spiro atoms. The van der Waals surface area contributed by atoms with E-state index in [-0.39, 0.29) is 5.91 Å². The van der Waals surface area contributed by atoms with Crippen molar-refractivity contribution in [2.45, 2.75) is 58.2 Å². The average Bonchev–Trinajstić information content (AvgIpc) is 2.89.